The molecule has 0 aliphatic rings. The van der Waals surface area contributed by atoms with Crippen LogP contribution in [0.15, 0.2) is 29.3 Å². The molecule has 0 saturated carbocycles. The van der Waals surface area contributed by atoms with Crippen molar-refractivity contribution in [3.05, 3.63) is 40.4 Å². The van der Waals surface area contributed by atoms with Crippen LogP contribution in [0.1, 0.15) is 11.7 Å². The van der Waals surface area contributed by atoms with Crippen molar-refractivity contribution in [2.75, 3.05) is 0 Å². The summed E-state index contributed by atoms with van der Waals surface area (Å²) in [5.41, 5.74) is 0.558. The van der Waals surface area contributed by atoms with Gasteiger partial charge in [-0.25, -0.2) is 4.98 Å². The van der Waals surface area contributed by atoms with E-state index in [0.29, 0.717) is 16.5 Å². The topological polar surface area (TPSA) is 99.1 Å². The van der Waals surface area contributed by atoms with Crippen molar-refractivity contribution in [1.29, 1.82) is 5.26 Å². The van der Waals surface area contributed by atoms with E-state index < -0.39 is 12.2 Å². The molecule has 92 valence electrons. The van der Waals surface area contributed by atoms with Gasteiger partial charge in [0.15, 0.2) is 6.10 Å². The Morgan fingerprint density at radius 3 is 2.83 bits per heavy atom. The standard InChI is InChI=1S/C12H11N3O3/c1-15-6-14-9-3-2-7(4-8(9)12(15)18)11(17)10(16)5-13/h2-4,6,10-11,16-17H,1H3. The van der Waals surface area contributed by atoms with Crippen LogP contribution in [-0.4, -0.2) is 25.9 Å². The van der Waals surface area contributed by atoms with Gasteiger partial charge in [0.05, 0.1) is 23.3 Å². The van der Waals surface area contributed by atoms with Gasteiger partial charge in [-0.05, 0) is 17.7 Å². The summed E-state index contributed by atoms with van der Waals surface area (Å²) < 4.78 is 1.32. The molecule has 0 bridgehead atoms. The van der Waals surface area contributed by atoms with E-state index in [9.17, 15) is 15.0 Å². The zero-order valence-electron chi connectivity index (χ0n) is 9.61. The van der Waals surface area contributed by atoms with Crippen LogP contribution in [0.4, 0.5) is 0 Å². The summed E-state index contributed by atoms with van der Waals surface area (Å²) in [7, 11) is 1.57. The maximum atomic E-state index is 11.9. The highest BCUT2D eigenvalue weighted by Gasteiger charge is 2.18. The van der Waals surface area contributed by atoms with Gasteiger partial charge in [-0.2, -0.15) is 5.26 Å². The average Bonchev–Trinajstić information content (AvgIpc) is 2.41. The monoisotopic (exact) mass is 245 g/mol. The Bertz CT molecular complexity index is 687. The fourth-order valence-corrected chi connectivity index (χ4v) is 1.67. The third-order valence-electron chi connectivity index (χ3n) is 2.71. The number of aliphatic hydroxyl groups excluding tert-OH is 2. The molecular weight excluding hydrogens is 234 g/mol. The summed E-state index contributed by atoms with van der Waals surface area (Å²) in [6, 6.07) is 6.08. The van der Waals surface area contributed by atoms with Gasteiger partial charge in [0.25, 0.3) is 5.56 Å². The molecule has 2 atom stereocenters. The first kappa shape index (κ1) is 12.2. The van der Waals surface area contributed by atoms with Gasteiger partial charge in [-0.15, -0.1) is 0 Å². The first-order valence-corrected chi connectivity index (χ1v) is 5.25. The van der Waals surface area contributed by atoms with Crippen molar-refractivity contribution in [2.45, 2.75) is 12.2 Å². The number of hydrogen-bond acceptors (Lipinski definition) is 5. The minimum atomic E-state index is -1.53. The van der Waals surface area contributed by atoms with E-state index in [2.05, 4.69) is 4.98 Å². The number of hydrogen-bond donors (Lipinski definition) is 2. The Morgan fingerprint density at radius 2 is 2.17 bits per heavy atom. The Hall–Kier alpha value is -2.23. The fraction of sp³-hybridized carbons (Fsp3) is 0.250. The van der Waals surface area contributed by atoms with Crippen LogP contribution in [0.25, 0.3) is 10.9 Å². The van der Waals surface area contributed by atoms with Gasteiger partial charge in [0.1, 0.15) is 6.10 Å². The zero-order chi connectivity index (χ0) is 13.3. The van der Waals surface area contributed by atoms with Crippen molar-refractivity contribution >= 4 is 10.9 Å². The van der Waals surface area contributed by atoms with Crippen molar-refractivity contribution < 1.29 is 10.2 Å². The first-order chi connectivity index (χ1) is 8.54. The second kappa shape index (κ2) is 4.56. The number of benzene rings is 1. The molecule has 2 rings (SSSR count). The number of aryl methyl sites for hydroxylation is 1. The first-order valence-electron chi connectivity index (χ1n) is 5.25. The van der Waals surface area contributed by atoms with Crippen LogP contribution in [0.5, 0.6) is 0 Å². The summed E-state index contributed by atoms with van der Waals surface area (Å²) in [5.74, 6) is 0. The average molecular weight is 245 g/mol. The molecule has 2 N–H and O–H groups in total. The van der Waals surface area contributed by atoms with Crippen LogP contribution in [0.3, 0.4) is 0 Å². The molecule has 6 nitrogen and oxygen atoms in total. The van der Waals surface area contributed by atoms with Crippen LogP contribution >= 0.6 is 0 Å². The number of fused-ring (bicyclic) bond motifs is 1. The minimum Gasteiger partial charge on any atom is -0.385 e. The molecule has 18 heavy (non-hydrogen) atoms. The highest BCUT2D eigenvalue weighted by Crippen LogP contribution is 2.19. The molecule has 0 aliphatic carbocycles. The normalized spacial score (nSPS) is 14.1. The summed E-state index contributed by atoms with van der Waals surface area (Å²) in [6.45, 7) is 0. The number of rotatable bonds is 2. The number of nitrogens with zero attached hydrogens (tertiary/aromatic N) is 3. The van der Waals surface area contributed by atoms with Crippen LogP contribution in [0.2, 0.25) is 0 Å². The summed E-state index contributed by atoms with van der Waals surface area (Å²) >= 11 is 0. The molecule has 2 unspecified atom stereocenters. The number of aliphatic hydroxyl groups is 2. The van der Waals surface area contributed by atoms with Gasteiger partial charge >= 0.3 is 0 Å². The number of nitriles is 1. The van der Waals surface area contributed by atoms with E-state index in [1.165, 1.54) is 23.0 Å². The lowest BCUT2D eigenvalue weighted by molar-refractivity contribution is 0.0529. The van der Waals surface area contributed by atoms with E-state index >= 15 is 0 Å². The van der Waals surface area contributed by atoms with Crippen LogP contribution < -0.4 is 5.56 Å². The van der Waals surface area contributed by atoms with E-state index in [1.54, 1.807) is 19.2 Å². The SMILES string of the molecule is Cn1cnc2ccc(C(O)C(O)C#N)cc2c1=O. The Labute approximate surface area is 102 Å². The predicted molar refractivity (Wildman–Crippen MR) is 63.6 cm³/mol. The molecule has 0 radical (unpaired) electrons. The lowest BCUT2D eigenvalue weighted by Crippen LogP contribution is -2.19. The minimum absolute atomic E-state index is 0.250. The predicted octanol–water partition coefficient (Wildman–Crippen LogP) is -0.149. The molecule has 1 aromatic carbocycles. The van der Waals surface area contributed by atoms with E-state index in [4.69, 9.17) is 5.26 Å². The third-order valence-corrected chi connectivity index (χ3v) is 2.71. The van der Waals surface area contributed by atoms with Crippen molar-refractivity contribution in [3.63, 3.8) is 0 Å². The van der Waals surface area contributed by atoms with Gasteiger partial charge < -0.3 is 14.8 Å². The highest BCUT2D eigenvalue weighted by molar-refractivity contribution is 5.78. The van der Waals surface area contributed by atoms with Crippen molar-refractivity contribution in [1.82, 2.24) is 9.55 Å². The fourth-order valence-electron chi connectivity index (χ4n) is 1.67. The molecule has 0 amide bonds. The van der Waals surface area contributed by atoms with E-state index in [-0.39, 0.29) is 5.56 Å². The Morgan fingerprint density at radius 1 is 1.44 bits per heavy atom. The lowest BCUT2D eigenvalue weighted by Gasteiger charge is -2.12. The zero-order valence-corrected chi connectivity index (χ0v) is 9.61. The maximum absolute atomic E-state index is 11.9. The molecular formula is C12H11N3O3. The van der Waals surface area contributed by atoms with Gasteiger partial charge in [0.2, 0.25) is 0 Å². The largest absolute Gasteiger partial charge is 0.385 e. The summed E-state index contributed by atoms with van der Waals surface area (Å²) in [5, 5.41) is 27.8. The molecule has 0 aliphatic heterocycles. The Kier molecular flexibility index (Phi) is 3.10. The van der Waals surface area contributed by atoms with Crippen molar-refractivity contribution in [2.24, 2.45) is 7.05 Å². The van der Waals surface area contributed by atoms with Crippen LogP contribution in [0, 0.1) is 11.3 Å². The quantitative estimate of drug-likeness (QED) is 0.717. The van der Waals surface area contributed by atoms with E-state index in [0.717, 1.165) is 0 Å². The summed E-state index contributed by atoms with van der Waals surface area (Å²) in [4.78, 5) is 15.9. The molecule has 0 fully saturated rings. The van der Waals surface area contributed by atoms with Gasteiger partial charge in [-0.3, -0.25) is 4.79 Å². The molecule has 1 heterocycles. The summed E-state index contributed by atoms with van der Waals surface area (Å²) in [6.07, 6.45) is -1.46. The molecule has 0 saturated heterocycles. The smallest absolute Gasteiger partial charge is 0.260 e. The second-order valence-electron chi connectivity index (χ2n) is 3.96. The molecule has 1 aromatic heterocycles. The molecule has 6 heteroatoms. The maximum Gasteiger partial charge on any atom is 0.260 e. The third kappa shape index (κ3) is 1.97. The molecule has 0 spiro atoms. The molecule has 2 aromatic rings. The number of aromatic nitrogens is 2. The Balaban J connectivity index is 2.60. The van der Waals surface area contributed by atoms with Gasteiger partial charge in [0, 0.05) is 7.05 Å². The highest BCUT2D eigenvalue weighted by atomic mass is 16.3. The second-order valence-corrected chi connectivity index (χ2v) is 3.96. The van der Waals surface area contributed by atoms with Gasteiger partial charge in [-0.1, -0.05) is 6.07 Å². The van der Waals surface area contributed by atoms with Crippen molar-refractivity contribution in [3.8, 4) is 6.07 Å². The van der Waals surface area contributed by atoms with E-state index in [1.807, 2.05) is 0 Å². The van der Waals surface area contributed by atoms with Crippen LogP contribution in [-0.2, 0) is 7.05 Å². The lowest BCUT2D eigenvalue weighted by atomic mass is 10.0.